The molecule has 0 aliphatic heterocycles. The van der Waals surface area contributed by atoms with Crippen molar-refractivity contribution in [3.63, 3.8) is 0 Å². The van der Waals surface area contributed by atoms with Crippen molar-refractivity contribution in [3.8, 4) is 0 Å². The van der Waals surface area contributed by atoms with E-state index in [1.807, 2.05) is 0 Å². The van der Waals surface area contributed by atoms with Crippen LogP contribution in [0.3, 0.4) is 0 Å². The Balaban J connectivity index is 2.24. The summed E-state index contributed by atoms with van der Waals surface area (Å²) in [6.07, 6.45) is 10.3. The van der Waals surface area contributed by atoms with E-state index in [-0.39, 0.29) is 34.4 Å². The minimum absolute atomic E-state index is 0.0886. The van der Waals surface area contributed by atoms with Crippen molar-refractivity contribution in [1.29, 1.82) is 0 Å². The quantitative estimate of drug-likeness (QED) is 0.209. The molecule has 2 saturated carbocycles. The van der Waals surface area contributed by atoms with Gasteiger partial charge in [0, 0.05) is 24.3 Å². The van der Waals surface area contributed by atoms with Gasteiger partial charge in [-0.3, -0.25) is 9.59 Å². The van der Waals surface area contributed by atoms with Gasteiger partial charge >= 0.3 is 0 Å². The van der Waals surface area contributed by atoms with Crippen LogP contribution in [0.2, 0.25) is 0 Å². The van der Waals surface area contributed by atoms with Crippen LogP contribution in [0, 0.1) is 16.7 Å². The van der Waals surface area contributed by atoms with E-state index in [0.29, 0.717) is 30.8 Å². The predicted molar refractivity (Wildman–Crippen MR) is 139 cm³/mol. The van der Waals surface area contributed by atoms with Crippen molar-refractivity contribution < 1.29 is 21.6 Å². The summed E-state index contributed by atoms with van der Waals surface area (Å²) in [5, 5.41) is 0. The van der Waals surface area contributed by atoms with Gasteiger partial charge in [0.15, 0.2) is 0 Å². The molecule has 0 aromatic carbocycles. The number of rotatable bonds is 17. The second-order valence-corrected chi connectivity index (χ2v) is 16.0. The Morgan fingerprint density at radius 2 is 1.58 bits per heavy atom. The first-order valence-corrected chi connectivity index (χ1v) is 16.9. The van der Waals surface area contributed by atoms with Gasteiger partial charge in [0.05, 0.1) is 16.9 Å². The van der Waals surface area contributed by atoms with Crippen LogP contribution >= 0.6 is 10.3 Å². The topological polar surface area (TPSA) is 77.5 Å². The standard InChI is InChI=1S/C26H48O5S2/c1-6-9-12-13-14-23(27)20-32(17-10-7-2,18-11-8-3)31-33(29,30)21-26-16-15-22(19-24(26)28)25(26,4)5/h22H,6-21H2,1-5H3. The van der Waals surface area contributed by atoms with Crippen LogP contribution in [0.15, 0.2) is 0 Å². The van der Waals surface area contributed by atoms with Gasteiger partial charge in [-0.05, 0) is 43.4 Å². The monoisotopic (exact) mass is 504 g/mol. The number of carbonyl (C=O) groups is 2. The lowest BCUT2D eigenvalue weighted by atomic mass is 9.70. The minimum Gasteiger partial charge on any atom is -0.299 e. The summed E-state index contributed by atoms with van der Waals surface area (Å²) < 4.78 is 33.3. The Kier molecular flexibility index (Phi) is 10.5. The number of fused-ring (bicyclic) bond motifs is 2. The molecule has 0 radical (unpaired) electrons. The number of unbranched alkanes of at least 4 members (excludes halogenated alkanes) is 5. The highest BCUT2D eigenvalue weighted by molar-refractivity contribution is 8.33. The molecule has 5 nitrogen and oxygen atoms in total. The van der Waals surface area contributed by atoms with E-state index in [4.69, 9.17) is 3.63 Å². The molecule has 2 rings (SSSR count). The van der Waals surface area contributed by atoms with Crippen LogP contribution in [-0.2, 0) is 23.3 Å². The van der Waals surface area contributed by atoms with E-state index >= 15 is 0 Å². The van der Waals surface area contributed by atoms with Crippen molar-refractivity contribution in [3.05, 3.63) is 0 Å². The number of Topliss-reactive ketones (excluding diaryl/α,β-unsaturated/α-hetero) is 2. The van der Waals surface area contributed by atoms with Crippen LogP contribution in [0.1, 0.15) is 112 Å². The molecule has 2 bridgehead atoms. The average Bonchev–Trinajstić information content (AvgIpc) is 3.07. The Morgan fingerprint density at radius 1 is 0.970 bits per heavy atom. The maximum absolute atomic E-state index is 13.6. The first-order valence-electron chi connectivity index (χ1n) is 13.2. The summed E-state index contributed by atoms with van der Waals surface area (Å²) in [5.41, 5.74) is -1.15. The maximum Gasteiger partial charge on any atom is 0.277 e. The van der Waals surface area contributed by atoms with Gasteiger partial charge in [0.1, 0.15) is 11.6 Å². The van der Waals surface area contributed by atoms with E-state index in [1.165, 1.54) is 0 Å². The highest BCUT2D eigenvalue weighted by Gasteiger charge is 2.65. The number of ketones is 2. The van der Waals surface area contributed by atoms with Crippen LogP contribution in [0.5, 0.6) is 0 Å². The molecule has 2 atom stereocenters. The first kappa shape index (κ1) is 28.8. The Morgan fingerprint density at radius 3 is 2.06 bits per heavy atom. The molecule has 0 amide bonds. The summed E-state index contributed by atoms with van der Waals surface area (Å²) in [6.45, 7) is 10.4. The smallest absolute Gasteiger partial charge is 0.277 e. The zero-order valence-electron chi connectivity index (χ0n) is 21.7. The Labute approximate surface area is 204 Å². The lowest BCUT2D eigenvalue weighted by molar-refractivity contribution is -0.128. The average molecular weight is 505 g/mol. The molecule has 0 heterocycles. The molecule has 0 saturated heterocycles. The van der Waals surface area contributed by atoms with Crippen molar-refractivity contribution in [2.24, 2.45) is 16.7 Å². The normalized spacial score (nSPS) is 25.0. The lowest BCUT2D eigenvalue weighted by Gasteiger charge is -2.41. The van der Waals surface area contributed by atoms with Crippen LogP contribution < -0.4 is 0 Å². The summed E-state index contributed by atoms with van der Waals surface area (Å²) in [7, 11) is -6.03. The van der Waals surface area contributed by atoms with Crippen LogP contribution in [0.4, 0.5) is 0 Å². The van der Waals surface area contributed by atoms with E-state index in [0.717, 1.165) is 57.8 Å². The second-order valence-electron chi connectivity index (χ2n) is 11.0. The van der Waals surface area contributed by atoms with Gasteiger partial charge in [-0.15, -0.1) is 10.3 Å². The number of carbonyl (C=O) groups excluding carboxylic acids is 2. The fraction of sp³-hybridized carbons (Fsp3) is 0.923. The van der Waals surface area contributed by atoms with Gasteiger partial charge < -0.3 is 0 Å². The minimum atomic E-state index is -3.94. The fourth-order valence-corrected chi connectivity index (χ4v) is 12.7. The van der Waals surface area contributed by atoms with Crippen molar-refractivity contribution >= 4 is 32.0 Å². The lowest BCUT2D eigenvalue weighted by Crippen LogP contribution is -2.43. The molecule has 0 aromatic heterocycles. The van der Waals surface area contributed by atoms with Crippen molar-refractivity contribution in [2.75, 3.05) is 23.0 Å². The molecule has 0 spiro atoms. The third-order valence-electron chi connectivity index (χ3n) is 8.28. The third-order valence-corrected chi connectivity index (χ3v) is 14.0. The van der Waals surface area contributed by atoms with Crippen molar-refractivity contribution in [2.45, 2.75) is 112 Å². The molecule has 2 fully saturated rings. The molecule has 33 heavy (non-hydrogen) atoms. The first-order chi connectivity index (χ1) is 15.5. The zero-order chi connectivity index (χ0) is 24.8. The molecular weight excluding hydrogens is 456 g/mol. The molecule has 2 unspecified atom stereocenters. The number of hydrogen-bond donors (Lipinski definition) is 0. The van der Waals surface area contributed by atoms with E-state index in [1.54, 1.807) is 0 Å². The van der Waals surface area contributed by atoms with Gasteiger partial charge in [0.25, 0.3) is 10.1 Å². The van der Waals surface area contributed by atoms with Crippen LogP contribution in [0.25, 0.3) is 0 Å². The third kappa shape index (κ3) is 6.84. The van der Waals surface area contributed by atoms with Gasteiger partial charge in [-0.2, -0.15) is 8.42 Å². The Bertz CT molecular complexity index is 766. The Hall–Kier alpha value is -0.400. The van der Waals surface area contributed by atoms with E-state index in [9.17, 15) is 18.0 Å². The highest BCUT2D eigenvalue weighted by Crippen LogP contribution is 2.65. The van der Waals surface area contributed by atoms with Crippen molar-refractivity contribution in [1.82, 2.24) is 0 Å². The van der Waals surface area contributed by atoms with Gasteiger partial charge in [-0.25, -0.2) is 3.63 Å². The summed E-state index contributed by atoms with van der Waals surface area (Å²) in [6, 6.07) is 0. The van der Waals surface area contributed by atoms with E-state index in [2.05, 4.69) is 34.6 Å². The molecule has 0 aromatic rings. The van der Waals surface area contributed by atoms with Gasteiger partial charge in [-0.1, -0.05) is 66.7 Å². The predicted octanol–water partition coefficient (Wildman–Crippen LogP) is 6.59. The summed E-state index contributed by atoms with van der Waals surface area (Å²) in [5.74, 6) is 1.81. The van der Waals surface area contributed by atoms with Gasteiger partial charge in [0.2, 0.25) is 0 Å². The fourth-order valence-electron chi connectivity index (χ4n) is 5.92. The molecule has 0 N–H and O–H groups in total. The molecule has 194 valence electrons. The summed E-state index contributed by atoms with van der Waals surface area (Å²) in [4.78, 5) is 25.9. The molecule has 2 aliphatic rings. The SMILES string of the molecule is CCCCCCC(=O)CS(CCCC)(CCCC)OS(=O)(=O)CC12CCC(CC1=O)C2(C)C. The summed E-state index contributed by atoms with van der Waals surface area (Å²) >= 11 is 0. The largest absolute Gasteiger partial charge is 0.299 e. The van der Waals surface area contributed by atoms with E-state index < -0.39 is 25.8 Å². The molecule has 7 heteroatoms. The zero-order valence-corrected chi connectivity index (χ0v) is 23.4. The second kappa shape index (κ2) is 12.0. The van der Waals surface area contributed by atoms with Crippen LogP contribution in [-0.4, -0.2) is 43.0 Å². The highest BCUT2D eigenvalue weighted by atomic mass is 32.3. The number of hydrogen-bond acceptors (Lipinski definition) is 5. The maximum atomic E-state index is 13.6. The molecule has 2 aliphatic carbocycles. The molecular formula is C26H48O5S2.